The molecule has 0 aliphatic rings. The van der Waals surface area contributed by atoms with Crippen LogP contribution in [0.5, 0.6) is 5.75 Å². The molecule has 13 heavy (non-hydrogen) atoms. The Balaban J connectivity index is 2.96. The van der Waals surface area contributed by atoms with Crippen LogP contribution >= 0.6 is 11.6 Å². The quantitative estimate of drug-likeness (QED) is 0.599. The fourth-order valence-corrected chi connectivity index (χ4v) is 1.03. The van der Waals surface area contributed by atoms with Crippen LogP contribution in [0.25, 0.3) is 0 Å². The van der Waals surface area contributed by atoms with Gasteiger partial charge in [0.15, 0.2) is 6.29 Å². The van der Waals surface area contributed by atoms with E-state index in [1.165, 1.54) is 13.0 Å². The first-order valence-electron chi connectivity index (χ1n) is 3.73. The van der Waals surface area contributed by atoms with Crippen LogP contribution in [0.1, 0.15) is 17.3 Å². The second-order valence-electron chi connectivity index (χ2n) is 2.52. The predicted molar refractivity (Wildman–Crippen MR) is 49.1 cm³/mol. The van der Waals surface area contributed by atoms with Crippen molar-refractivity contribution < 1.29 is 14.6 Å². The summed E-state index contributed by atoms with van der Waals surface area (Å²) in [5.41, 5.74) is 0.458. The number of carbonyl (C=O) groups excluding carboxylic acids is 1. The van der Waals surface area contributed by atoms with E-state index in [1.54, 1.807) is 12.1 Å². The average molecular weight is 201 g/mol. The Labute approximate surface area is 80.9 Å². The molecule has 0 amide bonds. The zero-order chi connectivity index (χ0) is 9.84. The fraction of sp³-hybridized carbons (Fsp3) is 0.222. The maximum absolute atomic E-state index is 10.4. The Bertz CT molecular complexity index is 310. The number of hydrogen-bond acceptors (Lipinski definition) is 3. The van der Waals surface area contributed by atoms with Crippen LogP contribution in [0, 0.1) is 0 Å². The Morgan fingerprint density at radius 1 is 1.62 bits per heavy atom. The van der Waals surface area contributed by atoms with Crippen LogP contribution < -0.4 is 4.74 Å². The van der Waals surface area contributed by atoms with Crippen molar-refractivity contribution in [1.82, 2.24) is 0 Å². The lowest BCUT2D eigenvalue weighted by Crippen LogP contribution is -2.09. The molecule has 1 aromatic carbocycles. The van der Waals surface area contributed by atoms with E-state index in [0.29, 0.717) is 22.6 Å². The third-order valence-electron chi connectivity index (χ3n) is 1.39. The number of hydrogen-bond donors (Lipinski definition) is 1. The highest BCUT2D eigenvalue weighted by Crippen LogP contribution is 2.25. The molecule has 0 radical (unpaired) electrons. The van der Waals surface area contributed by atoms with Crippen molar-refractivity contribution >= 4 is 17.9 Å². The first-order valence-corrected chi connectivity index (χ1v) is 4.10. The smallest absolute Gasteiger partial charge is 0.194 e. The summed E-state index contributed by atoms with van der Waals surface area (Å²) in [6.07, 6.45) is -0.259. The standard InChI is InChI=1S/C9H9ClO3/c1-6(12)13-9-4-7(5-11)2-3-8(9)10/h2-6,12H,1H3. The van der Waals surface area contributed by atoms with E-state index in [1.807, 2.05) is 0 Å². The van der Waals surface area contributed by atoms with Gasteiger partial charge in [0.2, 0.25) is 0 Å². The second-order valence-corrected chi connectivity index (χ2v) is 2.93. The van der Waals surface area contributed by atoms with Crippen molar-refractivity contribution in [2.24, 2.45) is 0 Å². The summed E-state index contributed by atoms with van der Waals surface area (Å²) in [4.78, 5) is 10.4. The number of aliphatic hydroxyl groups is 1. The van der Waals surface area contributed by atoms with Gasteiger partial charge in [-0.1, -0.05) is 11.6 Å². The number of rotatable bonds is 3. The van der Waals surface area contributed by atoms with Crippen LogP contribution in [-0.2, 0) is 0 Å². The van der Waals surface area contributed by atoms with Crippen LogP contribution in [0.3, 0.4) is 0 Å². The molecule has 0 spiro atoms. The van der Waals surface area contributed by atoms with Gasteiger partial charge in [-0.05, 0) is 25.1 Å². The number of aldehydes is 1. The molecule has 4 heteroatoms. The van der Waals surface area contributed by atoms with Gasteiger partial charge in [0.05, 0.1) is 5.02 Å². The lowest BCUT2D eigenvalue weighted by molar-refractivity contribution is -0.000270. The van der Waals surface area contributed by atoms with E-state index in [4.69, 9.17) is 21.4 Å². The van der Waals surface area contributed by atoms with Gasteiger partial charge in [0.25, 0.3) is 0 Å². The molecule has 1 atom stereocenters. The molecule has 0 heterocycles. The molecule has 0 saturated carbocycles. The van der Waals surface area contributed by atoms with Crippen molar-refractivity contribution in [3.63, 3.8) is 0 Å². The highest BCUT2D eigenvalue weighted by atomic mass is 35.5. The summed E-state index contributed by atoms with van der Waals surface area (Å²) in [6.45, 7) is 1.46. The van der Waals surface area contributed by atoms with Gasteiger partial charge >= 0.3 is 0 Å². The van der Waals surface area contributed by atoms with Crippen molar-refractivity contribution in [2.45, 2.75) is 13.2 Å². The molecular weight excluding hydrogens is 192 g/mol. The van der Waals surface area contributed by atoms with Gasteiger partial charge < -0.3 is 9.84 Å². The highest BCUT2D eigenvalue weighted by molar-refractivity contribution is 6.32. The minimum absolute atomic E-state index is 0.307. The minimum atomic E-state index is -0.945. The molecule has 0 aromatic heterocycles. The maximum atomic E-state index is 10.4. The number of carbonyl (C=O) groups is 1. The molecule has 0 fully saturated rings. The number of aliphatic hydroxyl groups excluding tert-OH is 1. The van der Waals surface area contributed by atoms with Gasteiger partial charge in [-0.15, -0.1) is 0 Å². The van der Waals surface area contributed by atoms with Gasteiger partial charge in [-0.3, -0.25) is 4.79 Å². The Hall–Kier alpha value is -1.06. The third kappa shape index (κ3) is 2.72. The maximum Gasteiger partial charge on any atom is 0.194 e. The molecule has 1 N–H and O–H groups in total. The van der Waals surface area contributed by atoms with Crippen LogP contribution in [0.2, 0.25) is 5.02 Å². The van der Waals surface area contributed by atoms with Gasteiger partial charge in [0, 0.05) is 5.56 Å². The predicted octanol–water partition coefficient (Wildman–Crippen LogP) is 1.87. The molecule has 3 nitrogen and oxygen atoms in total. The summed E-state index contributed by atoms with van der Waals surface area (Å²) < 4.78 is 4.95. The fourth-order valence-electron chi connectivity index (χ4n) is 0.867. The lowest BCUT2D eigenvalue weighted by Gasteiger charge is -2.10. The zero-order valence-corrected chi connectivity index (χ0v) is 7.78. The van der Waals surface area contributed by atoms with Crippen molar-refractivity contribution in [3.05, 3.63) is 28.8 Å². The first-order chi connectivity index (χ1) is 6.13. The normalized spacial score (nSPS) is 12.2. The lowest BCUT2D eigenvalue weighted by atomic mass is 10.2. The van der Waals surface area contributed by atoms with Crippen molar-refractivity contribution in [1.29, 1.82) is 0 Å². The number of halogens is 1. The zero-order valence-electron chi connectivity index (χ0n) is 7.03. The van der Waals surface area contributed by atoms with Gasteiger partial charge in [-0.25, -0.2) is 0 Å². The van der Waals surface area contributed by atoms with E-state index >= 15 is 0 Å². The summed E-state index contributed by atoms with van der Waals surface area (Å²) in [5.74, 6) is 0.307. The Morgan fingerprint density at radius 3 is 2.85 bits per heavy atom. The molecule has 70 valence electrons. The molecule has 1 unspecified atom stereocenters. The van der Waals surface area contributed by atoms with E-state index in [-0.39, 0.29) is 0 Å². The SMILES string of the molecule is CC(O)Oc1cc(C=O)ccc1Cl. The van der Waals surface area contributed by atoms with Crippen LogP contribution in [0.15, 0.2) is 18.2 Å². The van der Waals surface area contributed by atoms with E-state index in [2.05, 4.69) is 0 Å². The van der Waals surface area contributed by atoms with Crippen molar-refractivity contribution in [3.8, 4) is 5.75 Å². The van der Waals surface area contributed by atoms with Gasteiger partial charge in [-0.2, -0.15) is 0 Å². The molecule has 1 aromatic rings. The minimum Gasteiger partial charge on any atom is -0.464 e. The summed E-state index contributed by atoms with van der Waals surface area (Å²) in [5, 5.41) is 9.29. The van der Waals surface area contributed by atoms with Crippen molar-refractivity contribution in [2.75, 3.05) is 0 Å². The average Bonchev–Trinajstić information content (AvgIpc) is 2.08. The highest BCUT2D eigenvalue weighted by Gasteiger charge is 2.05. The molecule has 0 aliphatic heterocycles. The van der Waals surface area contributed by atoms with E-state index in [9.17, 15) is 4.79 Å². The summed E-state index contributed by atoms with van der Waals surface area (Å²) >= 11 is 5.75. The Morgan fingerprint density at radius 2 is 2.31 bits per heavy atom. The molecule has 0 aliphatic carbocycles. The summed E-state index contributed by atoms with van der Waals surface area (Å²) in [7, 11) is 0. The molecule has 0 bridgehead atoms. The first kappa shape index (κ1) is 10.0. The van der Waals surface area contributed by atoms with Crippen LogP contribution in [0.4, 0.5) is 0 Å². The second kappa shape index (κ2) is 4.25. The molecule has 1 rings (SSSR count). The largest absolute Gasteiger partial charge is 0.464 e. The van der Waals surface area contributed by atoms with E-state index in [0.717, 1.165) is 0 Å². The monoisotopic (exact) mass is 200 g/mol. The van der Waals surface area contributed by atoms with Gasteiger partial charge in [0.1, 0.15) is 12.0 Å². The third-order valence-corrected chi connectivity index (χ3v) is 1.70. The number of ether oxygens (including phenoxy) is 1. The summed E-state index contributed by atoms with van der Waals surface area (Å²) in [6, 6.07) is 4.59. The van der Waals surface area contributed by atoms with E-state index < -0.39 is 6.29 Å². The van der Waals surface area contributed by atoms with Crippen LogP contribution in [-0.4, -0.2) is 17.7 Å². The number of benzene rings is 1. The Kier molecular flexibility index (Phi) is 3.28. The topological polar surface area (TPSA) is 46.5 Å². The molecule has 0 saturated heterocycles. The molecular formula is C9H9ClO3.